The summed E-state index contributed by atoms with van der Waals surface area (Å²) in [5.74, 6) is 0. The average Bonchev–Trinajstić information content (AvgIpc) is 2.34. The summed E-state index contributed by atoms with van der Waals surface area (Å²) in [6.07, 6.45) is 3.84. The van der Waals surface area contributed by atoms with Gasteiger partial charge in [-0.05, 0) is 30.4 Å². The van der Waals surface area contributed by atoms with Crippen molar-refractivity contribution < 1.29 is 0 Å². The van der Waals surface area contributed by atoms with Crippen molar-refractivity contribution in [3.8, 4) is 0 Å². The Hall–Kier alpha value is -0.300. The second-order valence-electron chi connectivity index (χ2n) is 2.12. The lowest BCUT2D eigenvalue weighted by atomic mass is 10.2. The fraction of sp³-hybridized carbons (Fsp3) is 0.500. The first-order valence-electron chi connectivity index (χ1n) is 3.37. The first-order valence-corrected chi connectivity index (χ1v) is 4.25. The zero-order chi connectivity index (χ0) is 6.53. The van der Waals surface area contributed by atoms with Crippen LogP contribution < -0.4 is 0 Å². The van der Waals surface area contributed by atoms with Crippen LogP contribution in [0.2, 0.25) is 0 Å². The van der Waals surface area contributed by atoms with Gasteiger partial charge in [0.25, 0.3) is 0 Å². The highest BCUT2D eigenvalue weighted by Gasteiger charge is 1.89. The summed E-state index contributed by atoms with van der Waals surface area (Å²) >= 11 is 1.81. The predicted octanol–water partition coefficient (Wildman–Crippen LogP) is 2.89. The molecule has 0 fully saturated rings. The lowest BCUT2D eigenvalue weighted by molar-refractivity contribution is 0.804. The Labute approximate surface area is 60.5 Å². The molecule has 49 valence electrons. The summed E-state index contributed by atoms with van der Waals surface area (Å²) < 4.78 is 0. The van der Waals surface area contributed by atoms with Crippen molar-refractivity contribution in [3.05, 3.63) is 22.4 Å². The van der Waals surface area contributed by atoms with E-state index in [1.807, 2.05) is 16.7 Å². The highest BCUT2D eigenvalue weighted by atomic mass is 32.1. The van der Waals surface area contributed by atoms with E-state index in [1.54, 1.807) is 0 Å². The molecule has 0 nitrogen and oxygen atoms in total. The summed E-state index contributed by atoms with van der Waals surface area (Å²) in [5.41, 5.74) is 0. The van der Waals surface area contributed by atoms with Crippen LogP contribution in [0.25, 0.3) is 0 Å². The Morgan fingerprint density at radius 3 is 3.11 bits per heavy atom. The second-order valence-corrected chi connectivity index (χ2v) is 3.11. The fourth-order valence-electron chi connectivity index (χ4n) is 0.753. The van der Waals surface area contributed by atoms with Gasteiger partial charge in [-0.3, -0.25) is 0 Å². The van der Waals surface area contributed by atoms with Gasteiger partial charge in [0, 0.05) is 4.88 Å². The number of aryl methyl sites for hydroxylation is 1. The van der Waals surface area contributed by atoms with Gasteiger partial charge in [-0.25, -0.2) is 0 Å². The fourth-order valence-corrected chi connectivity index (χ4v) is 1.44. The minimum absolute atomic E-state index is 1.24. The van der Waals surface area contributed by atoms with E-state index in [1.165, 1.54) is 24.1 Å². The Morgan fingerprint density at radius 1 is 1.67 bits per heavy atom. The van der Waals surface area contributed by atoms with Crippen LogP contribution in [0.5, 0.6) is 0 Å². The maximum Gasteiger partial charge on any atom is 0.00516 e. The van der Waals surface area contributed by atoms with Crippen LogP contribution in [0.3, 0.4) is 0 Å². The van der Waals surface area contributed by atoms with Gasteiger partial charge in [-0.1, -0.05) is 13.3 Å². The van der Waals surface area contributed by atoms with Crippen molar-refractivity contribution in [2.24, 2.45) is 0 Å². The molecule has 1 radical (unpaired) electrons. The largest absolute Gasteiger partial charge is 0.148 e. The molecule has 0 atom stereocenters. The third kappa shape index (κ3) is 2.19. The van der Waals surface area contributed by atoms with Gasteiger partial charge in [0.05, 0.1) is 0 Å². The lowest BCUT2D eigenvalue weighted by Gasteiger charge is -1.90. The van der Waals surface area contributed by atoms with E-state index < -0.39 is 0 Å². The molecule has 0 amide bonds. The van der Waals surface area contributed by atoms with Crippen molar-refractivity contribution in [2.75, 3.05) is 0 Å². The topological polar surface area (TPSA) is 0 Å². The van der Waals surface area contributed by atoms with Crippen LogP contribution >= 0.6 is 11.3 Å². The van der Waals surface area contributed by atoms with Gasteiger partial charge < -0.3 is 0 Å². The van der Waals surface area contributed by atoms with E-state index in [0.29, 0.717) is 0 Å². The van der Waals surface area contributed by atoms with Gasteiger partial charge in [0.15, 0.2) is 0 Å². The molecule has 0 saturated carbocycles. The number of thiophene rings is 1. The molecule has 0 aliphatic carbocycles. The third-order valence-corrected chi connectivity index (χ3v) is 2.18. The quantitative estimate of drug-likeness (QED) is 0.604. The minimum Gasteiger partial charge on any atom is -0.148 e. The summed E-state index contributed by atoms with van der Waals surface area (Å²) in [7, 11) is 0. The predicted molar refractivity (Wildman–Crippen MR) is 41.8 cm³/mol. The second kappa shape index (κ2) is 3.67. The molecule has 0 unspecified atom stereocenters. The Bertz CT molecular complexity index is 142. The Morgan fingerprint density at radius 2 is 2.56 bits per heavy atom. The zero-order valence-corrected chi connectivity index (χ0v) is 6.50. The highest BCUT2D eigenvalue weighted by Crippen LogP contribution is 2.10. The van der Waals surface area contributed by atoms with Crippen molar-refractivity contribution in [1.29, 1.82) is 0 Å². The highest BCUT2D eigenvalue weighted by molar-refractivity contribution is 7.09. The van der Waals surface area contributed by atoms with Crippen molar-refractivity contribution in [3.63, 3.8) is 0 Å². The molecule has 0 bridgehead atoms. The summed E-state index contributed by atoms with van der Waals surface area (Å²) in [4.78, 5) is 1.47. The molecule has 0 aromatic carbocycles. The van der Waals surface area contributed by atoms with E-state index in [4.69, 9.17) is 0 Å². The molecule has 0 N–H and O–H groups in total. The number of unbranched alkanes of at least 4 members (excludes halogenated alkanes) is 1. The minimum atomic E-state index is 1.24. The summed E-state index contributed by atoms with van der Waals surface area (Å²) in [6.45, 7) is 2.22. The van der Waals surface area contributed by atoms with E-state index in [-0.39, 0.29) is 0 Å². The lowest BCUT2D eigenvalue weighted by Crippen LogP contribution is -1.75. The maximum atomic E-state index is 3.06. The molecule has 0 saturated heterocycles. The SMILES string of the molecule is CCCCc1c[c]cs1. The maximum absolute atomic E-state index is 3.06. The molecule has 1 heteroatoms. The molecule has 1 rings (SSSR count). The normalized spacial score (nSPS) is 9.89. The van der Waals surface area contributed by atoms with Crippen molar-refractivity contribution >= 4 is 11.3 Å². The van der Waals surface area contributed by atoms with Gasteiger partial charge in [-0.2, -0.15) is 0 Å². The van der Waals surface area contributed by atoms with Gasteiger partial charge in [-0.15, -0.1) is 11.3 Å². The van der Waals surface area contributed by atoms with Crippen LogP contribution in [0.15, 0.2) is 11.4 Å². The molecular formula is C8H11S. The van der Waals surface area contributed by atoms with Crippen LogP contribution in [0.1, 0.15) is 24.6 Å². The standard InChI is InChI=1S/C8H11S/c1-2-3-5-8-6-4-7-9-8/h6-7H,2-3,5H2,1H3. The summed E-state index contributed by atoms with van der Waals surface area (Å²) in [5, 5.41) is 2.02. The molecule has 1 aromatic rings. The number of rotatable bonds is 3. The number of hydrogen-bond acceptors (Lipinski definition) is 1. The van der Waals surface area contributed by atoms with Crippen LogP contribution in [-0.2, 0) is 6.42 Å². The third-order valence-electron chi connectivity index (χ3n) is 1.30. The van der Waals surface area contributed by atoms with Crippen molar-refractivity contribution in [2.45, 2.75) is 26.2 Å². The molecule has 1 heterocycles. The van der Waals surface area contributed by atoms with E-state index in [2.05, 4.69) is 19.1 Å². The molecule has 0 spiro atoms. The molecule has 1 aromatic heterocycles. The van der Waals surface area contributed by atoms with Gasteiger partial charge in [0.1, 0.15) is 0 Å². The van der Waals surface area contributed by atoms with Gasteiger partial charge in [0.2, 0.25) is 0 Å². The van der Waals surface area contributed by atoms with E-state index in [0.717, 1.165) is 0 Å². The zero-order valence-electron chi connectivity index (χ0n) is 5.68. The van der Waals surface area contributed by atoms with Crippen molar-refractivity contribution in [1.82, 2.24) is 0 Å². The molecule has 9 heavy (non-hydrogen) atoms. The monoisotopic (exact) mass is 139 g/mol. The number of hydrogen-bond donors (Lipinski definition) is 0. The van der Waals surface area contributed by atoms with Crippen LogP contribution in [0, 0.1) is 6.07 Å². The first-order chi connectivity index (χ1) is 4.43. The molecular weight excluding hydrogens is 128 g/mol. The van der Waals surface area contributed by atoms with Crippen LogP contribution in [-0.4, -0.2) is 0 Å². The Kier molecular flexibility index (Phi) is 2.78. The first kappa shape index (κ1) is 6.81. The summed E-state index contributed by atoms with van der Waals surface area (Å²) in [6, 6.07) is 5.14. The van der Waals surface area contributed by atoms with Gasteiger partial charge >= 0.3 is 0 Å². The average molecular weight is 139 g/mol. The smallest absolute Gasteiger partial charge is 0.00516 e. The van der Waals surface area contributed by atoms with E-state index >= 15 is 0 Å². The van der Waals surface area contributed by atoms with E-state index in [9.17, 15) is 0 Å². The van der Waals surface area contributed by atoms with Crippen LogP contribution in [0.4, 0.5) is 0 Å². The Balaban J connectivity index is 2.30. The molecule has 0 aliphatic rings. The molecule has 0 aliphatic heterocycles.